The minimum atomic E-state index is -0.0689. The van der Waals surface area contributed by atoms with E-state index in [1.54, 1.807) is 12.1 Å². The first-order valence-corrected chi connectivity index (χ1v) is 11.4. The van der Waals surface area contributed by atoms with E-state index in [9.17, 15) is 4.79 Å². The molecule has 0 atom stereocenters. The molecule has 3 aromatic carbocycles. The van der Waals surface area contributed by atoms with Crippen LogP contribution in [-0.4, -0.2) is 26.6 Å². The summed E-state index contributed by atoms with van der Waals surface area (Å²) < 4.78 is 8.17. The Morgan fingerprint density at radius 3 is 2.30 bits per heavy atom. The Labute approximate surface area is 198 Å². The molecule has 33 heavy (non-hydrogen) atoms. The fraction of sp³-hybridized carbons (Fsp3) is 0.185. The summed E-state index contributed by atoms with van der Waals surface area (Å²) in [6.45, 7) is 2.35. The molecule has 0 saturated heterocycles. The molecule has 5 nitrogen and oxygen atoms in total. The normalized spacial score (nSPS) is 13.0. The zero-order valence-corrected chi connectivity index (χ0v) is 19.1. The van der Waals surface area contributed by atoms with Crippen LogP contribution in [0.3, 0.4) is 0 Å². The Balaban J connectivity index is 1.56. The van der Waals surface area contributed by atoms with Gasteiger partial charge in [0.1, 0.15) is 5.75 Å². The molecule has 166 valence electrons. The molecule has 0 N–H and O–H groups in total. The second kappa shape index (κ2) is 9.12. The van der Waals surface area contributed by atoms with Gasteiger partial charge in [0.25, 0.3) is 5.91 Å². The van der Waals surface area contributed by atoms with Crippen LogP contribution in [0.1, 0.15) is 34.5 Å². The van der Waals surface area contributed by atoms with Gasteiger partial charge in [0.2, 0.25) is 5.88 Å². The molecule has 0 unspecified atom stereocenters. The van der Waals surface area contributed by atoms with E-state index in [2.05, 4.69) is 0 Å². The van der Waals surface area contributed by atoms with E-state index in [-0.39, 0.29) is 11.9 Å². The molecule has 5 rings (SSSR count). The van der Waals surface area contributed by atoms with Crippen molar-refractivity contribution in [3.63, 3.8) is 0 Å². The number of hydrogen-bond acceptors (Lipinski definition) is 3. The summed E-state index contributed by atoms with van der Waals surface area (Å²) in [5.41, 5.74) is 3.12. The van der Waals surface area contributed by atoms with E-state index in [0.717, 1.165) is 29.8 Å². The summed E-state index contributed by atoms with van der Waals surface area (Å²) >= 11 is 6.36. The van der Waals surface area contributed by atoms with Crippen LogP contribution in [0, 0.1) is 6.92 Å². The summed E-state index contributed by atoms with van der Waals surface area (Å²) in [5, 5.41) is 5.25. The van der Waals surface area contributed by atoms with Gasteiger partial charge in [-0.15, -0.1) is 0 Å². The van der Waals surface area contributed by atoms with E-state index >= 15 is 0 Å². The van der Waals surface area contributed by atoms with Crippen LogP contribution in [0.25, 0.3) is 5.69 Å². The first-order chi connectivity index (χ1) is 16.1. The van der Waals surface area contributed by atoms with Crippen molar-refractivity contribution in [3.05, 3.63) is 107 Å². The number of carbonyl (C=O) groups excluding carboxylic acids is 1. The number of halogens is 1. The first kappa shape index (κ1) is 21.3. The summed E-state index contributed by atoms with van der Waals surface area (Å²) in [5.74, 6) is 1.26. The van der Waals surface area contributed by atoms with Crippen LogP contribution in [0.4, 0.5) is 0 Å². The molecule has 0 radical (unpaired) electrons. The monoisotopic (exact) mass is 457 g/mol. The Morgan fingerprint density at radius 2 is 1.64 bits per heavy atom. The summed E-state index contributed by atoms with van der Waals surface area (Å²) in [7, 11) is 0. The number of rotatable bonds is 7. The van der Waals surface area contributed by atoms with Crippen LogP contribution >= 0.6 is 11.6 Å². The fourth-order valence-electron chi connectivity index (χ4n) is 3.88. The smallest absolute Gasteiger partial charge is 0.255 e. The number of aromatic nitrogens is 2. The maximum atomic E-state index is 13.5. The topological polar surface area (TPSA) is 47.4 Å². The highest BCUT2D eigenvalue weighted by atomic mass is 35.5. The molecule has 1 heterocycles. The van der Waals surface area contributed by atoms with Crippen LogP contribution in [0.15, 0.2) is 84.9 Å². The molecule has 0 bridgehead atoms. The van der Waals surface area contributed by atoms with E-state index in [4.69, 9.17) is 21.4 Å². The molecular weight excluding hydrogens is 434 g/mol. The zero-order valence-electron chi connectivity index (χ0n) is 18.3. The molecule has 1 aliphatic rings. The summed E-state index contributed by atoms with van der Waals surface area (Å²) in [6.07, 6.45) is 1.97. The third-order valence-corrected chi connectivity index (χ3v) is 6.11. The van der Waals surface area contributed by atoms with Gasteiger partial charge >= 0.3 is 0 Å². The van der Waals surface area contributed by atoms with Crippen molar-refractivity contribution >= 4 is 17.5 Å². The van der Waals surface area contributed by atoms with Crippen molar-refractivity contribution in [3.8, 4) is 17.3 Å². The standard InChI is InChI=1S/C27H24ClN3O2/c1-19-24(18-30(20-16-17-20)26(32)23-14-8-9-15-25(23)28)27(33-22-12-6-3-7-13-22)31(29-19)21-10-4-2-5-11-21/h2-15,20H,16-18H2,1H3. The molecule has 0 aliphatic heterocycles. The molecular formula is C27H24ClN3O2. The molecule has 6 heteroatoms. The van der Waals surface area contributed by atoms with Gasteiger partial charge in [0.15, 0.2) is 0 Å². The minimum absolute atomic E-state index is 0.0689. The SMILES string of the molecule is Cc1nn(-c2ccccc2)c(Oc2ccccc2)c1CN(C(=O)c1ccccc1Cl)C1CC1. The number of benzene rings is 3. The van der Waals surface area contributed by atoms with E-state index in [0.29, 0.717) is 28.8 Å². The average molecular weight is 458 g/mol. The average Bonchev–Trinajstić information content (AvgIpc) is 3.64. The number of amides is 1. The summed E-state index contributed by atoms with van der Waals surface area (Å²) in [6, 6.07) is 26.9. The Hall–Kier alpha value is -3.57. The van der Waals surface area contributed by atoms with Crippen molar-refractivity contribution in [1.82, 2.24) is 14.7 Å². The maximum absolute atomic E-state index is 13.5. The minimum Gasteiger partial charge on any atom is -0.439 e. The van der Waals surface area contributed by atoms with E-state index in [1.807, 2.05) is 89.3 Å². The fourth-order valence-corrected chi connectivity index (χ4v) is 4.10. The van der Waals surface area contributed by atoms with Crippen molar-refractivity contribution in [2.24, 2.45) is 0 Å². The highest BCUT2D eigenvalue weighted by Gasteiger charge is 2.35. The lowest BCUT2D eigenvalue weighted by Gasteiger charge is -2.23. The van der Waals surface area contributed by atoms with Crippen molar-refractivity contribution in [2.45, 2.75) is 32.4 Å². The third kappa shape index (κ3) is 4.50. The van der Waals surface area contributed by atoms with Crippen LogP contribution in [-0.2, 0) is 6.54 Å². The van der Waals surface area contributed by atoms with Crippen LogP contribution < -0.4 is 4.74 Å². The van der Waals surface area contributed by atoms with Gasteiger partial charge in [-0.1, -0.05) is 60.1 Å². The number of carbonyl (C=O) groups is 1. The Morgan fingerprint density at radius 1 is 1.00 bits per heavy atom. The first-order valence-electron chi connectivity index (χ1n) is 11.0. The zero-order chi connectivity index (χ0) is 22.8. The maximum Gasteiger partial charge on any atom is 0.255 e. The van der Waals surface area contributed by atoms with Crippen LogP contribution in [0.5, 0.6) is 11.6 Å². The van der Waals surface area contributed by atoms with Gasteiger partial charge in [0, 0.05) is 6.04 Å². The lowest BCUT2D eigenvalue weighted by atomic mass is 10.1. The molecule has 1 aromatic heterocycles. The second-order valence-corrected chi connectivity index (χ2v) is 8.58. The summed E-state index contributed by atoms with van der Waals surface area (Å²) in [4.78, 5) is 15.4. The highest BCUT2D eigenvalue weighted by Crippen LogP contribution is 2.36. The van der Waals surface area contributed by atoms with Crippen molar-refractivity contribution < 1.29 is 9.53 Å². The quantitative estimate of drug-likeness (QED) is 0.321. The molecule has 1 saturated carbocycles. The molecule has 1 aliphatic carbocycles. The third-order valence-electron chi connectivity index (χ3n) is 5.78. The van der Waals surface area contributed by atoms with Crippen molar-refractivity contribution in [2.75, 3.05) is 0 Å². The van der Waals surface area contributed by atoms with Crippen molar-refractivity contribution in [1.29, 1.82) is 0 Å². The number of para-hydroxylation sites is 2. The number of nitrogens with zero attached hydrogens (tertiary/aromatic N) is 3. The van der Waals surface area contributed by atoms with Gasteiger partial charge in [-0.05, 0) is 56.2 Å². The van der Waals surface area contributed by atoms with Gasteiger partial charge < -0.3 is 9.64 Å². The molecule has 4 aromatic rings. The lowest BCUT2D eigenvalue weighted by molar-refractivity contribution is 0.0729. The largest absolute Gasteiger partial charge is 0.439 e. The van der Waals surface area contributed by atoms with E-state index < -0.39 is 0 Å². The van der Waals surface area contributed by atoms with Gasteiger partial charge in [0.05, 0.1) is 34.1 Å². The second-order valence-electron chi connectivity index (χ2n) is 8.18. The predicted octanol–water partition coefficient (Wildman–Crippen LogP) is 6.43. The number of ether oxygens (including phenoxy) is 1. The Bertz CT molecular complexity index is 1270. The van der Waals surface area contributed by atoms with Gasteiger partial charge in [-0.25, -0.2) is 4.68 Å². The molecule has 1 amide bonds. The number of hydrogen-bond donors (Lipinski definition) is 0. The van der Waals surface area contributed by atoms with Crippen LogP contribution in [0.2, 0.25) is 5.02 Å². The predicted molar refractivity (Wildman–Crippen MR) is 129 cm³/mol. The number of aryl methyl sites for hydroxylation is 1. The van der Waals surface area contributed by atoms with Gasteiger partial charge in [-0.2, -0.15) is 5.10 Å². The highest BCUT2D eigenvalue weighted by molar-refractivity contribution is 6.33. The molecule has 1 fully saturated rings. The lowest BCUT2D eigenvalue weighted by Crippen LogP contribution is -2.33. The van der Waals surface area contributed by atoms with E-state index in [1.165, 1.54) is 0 Å². The molecule has 0 spiro atoms. The van der Waals surface area contributed by atoms with Gasteiger partial charge in [-0.3, -0.25) is 4.79 Å². The Kier molecular flexibility index (Phi) is 5.88.